The zero-order chi connectivity index (χ0) is 23.4. The van der Waals surface area contributed by atoms with Crippen molar-refractivity contribution >= 4 is 23.4 Å². The normalized spacial score (nSPS) is 17.5. The van der Waals surface area contributed by atoms with E-state index in [1.807, 2.05) is 6.92 Å². The Kier molecular flexibility index (Phi) is 6.82. The van der Waals surface area contributed by atoms with Crippen molar-refractivity contribution in [1.82, 2.24) is 4.90 Å². The first-order valence-corrected chi connectivity index (χ1v) is 10.1. The molecule has 0 aliphatic carbocycles. The van der Waals surface area contributed by atoms with Crippen LogP contribution in [0.1, 0.15) is 35.6 Å². The molecule has 1 aliphatic heterocycles. The number of aryl methyl sites for hydroxylation is 1. The van der Waals surface area contributed by atoms with Crippen molar-refractivity contribution in [2.45, 2.75) is 25.8 Å². The summed E-state index contributed by atoms with van der Waals surface area (Å²) in [4.78, 5) is 38.1. The van der Waals surface area contributed by atoms with E-state index in [4.69, 9.17) is 14.6 Å². The van der Waals surface area contributed by atoms with Crippen LogP contribution >= 0.6 is 0 Å². The highest BCUT2D eigenvalue weighted by Crippen LogP contribution is 2.42. The SMILES string of the molecule is COc1ccc(C2C(=C(O)c3ccc(C)cc3)C(=O)C(=O)N2CCCC(=O)O)cc1OC. The van der Waals surface area contributed by atoms with Gasteiger partial charge in [0.15, 0.2) is 11.5 Å². The van der Waals surface area contributed by atoms with E-state index in [0.29, 0.717) is 22.6 Å². The van der Waals surface area contributed by atoms with Crippen molar-refractivity contribution in [1.29, 1.82) is 0 Å². The van der Waals surface area contributed by atoms with Crippen LogP contribution in [0.15, 0.2) is 48.0 Å². The summed E-state index contributed by atoms with van der Waals surface area (Å²) in [6, 6.07) is 11.0. The fourth-order valence-electron chi connectivity index (χ4n) is 3.75. The van der Waals surface area contributed by atoms with Crippen LogP contribution in [0.25, 0.3) is 5.76 Å². The van der Waals surface area contributed by atoms with E-state index in [1.54, 1.807) is 42.5 Å². The first kappa shape index (κ1) is 22.9. The zero-order valence-corrected chi connectivity index (χ0v) is 18.1. The predicted molar refractivity (Wildman–Crippen MR) is 117 cm³/mol. The van der Waals surface area contributed by atoms with Crippen LogP contribution in [0.3, 0.4) is 0 Å². The van der Waals surface area contributed by atoms with Gasteiger partial charge in [-0.05, 0) is 31.0 Å². The molecule has 3 rings (SSSR count). The Hall–Kier alpha value is -3.81. The van der Waals surface area contributed by atoms with E-state index >= 15 is 0 Å². The summed E-state index contributed by atoms with van der Waals surface area (Å²) in [5, 5.41) is 20.0. The molecule has 0 bridgehead atoms. The first-order chi connectivity index (χ1) is 15.3. The Balaban J connectivity index is 2.14. The summed E-state index contributed by atoms with van der Waals surface area (Å²) in [5.41, 5.74) is 1.86. The Labute approximate surface area is 185 Å². The lowest BCUT2D eigenvalue weighted by Crippen LogP contribution is -2.31. The highest BCUT2D eigenvalue weighted by Gasteiger charge is 2.46. The number of aliphatic hydroxyl groups is 1. The van der Waals surface area contributed by atoms with Crippen LogP contribution in [0, 0.1) is 6.92 Å². The number of likely N-dealkylation sites (tertiary alicyclic amines) is 1. The van der Waals surface area contributed by atoms with Gasteiger partial charge in [0.1, 0.15) is 5.76 Å². The highest BCUT2D eigenvalue weighted by atomic mass is 16.5. The van der Waals surface area contributed by atoms with E-state index in [-0.39, 0.29) is 30.7 Å². The van der Waals surface area contributed by atoms with Crippen LogP contribution in [-0.4, -0.2) is 53.5 Å². The molecule has 1 saturated heterocycles. The fourth-order valence-corrected chi connectivity index (χ4v) is 3.75. The third kappa shape index (κ3) is 4.44. The summed E-state index contributed by atoms with van der Waals surface area (Å²) >= 11 is 0. The van der Waals surface area contributed by atoms with Crippen molar-refractivity contribution in [2.75, 3.05) is 20.8 Å². The van der Waals surface area contributed by atoms with Gasteiger partial charge in [0.25, 0.3) is 11.7 Å². The average Bonchev–Trinajstić information content (AvgIpc) is 3.03. The lowest BCUT2D eigenvalue weighted by atomic mass is 9.94. The van der Waals surface area contributed by atoms with Gasteiger partial charge < -0.3 is 24.6 Å². The molecule has 1 heterocycles. The minimum atomic E-state index is -0.996. The summed E-state index contributed by atoms with van der Waals surface area (Å²) in [6.07, 6.45) is 0.0103. The van der Waals surface area contributed by atoms with Gasteiger partial charge >= 0.3 is 5.97 Å². The molecule has 8 nitrogen and oxygen atoms in total. The van der Waals surface area contributed by atoms with Gasteiger partial charge in [-0.25, -0.2) is 0 Å². The second-order valence-corrected chi connectivity index (χ2v) is 7.47. The molecule has 2 aromatic rings. The maximum atomic E-state index is 13.0. The number of ketones is 1. The standard InChI is InChI=1S/C24H25NO7/c1-14-6-8-15(9-7-14)22(28)20-21(16-10-11-17(31-2)18(13-16)32-3)25(24(30)23(20)29)12-4-5-19(26)27/h6-11,13,21,28H,4-5,12H2,1-3H3,(H,26,27). The van der Waals surface area contributed by atoms with Crippen molar-refractivity contribution in [3.63, 3.8) is 0 Å². The molecule has 0 saturated carbocycles. The van der Waals surface area contributed by atoms with Crippen molar-refractivity contribution in [3.05, 3.63) is 64.7 Å². The number of carboxylic acids is 1. The number of aliphatic carboxylic acids is 1. The van der Waals surface area contributed by atoms with Crippen molar-refractivity contribution in [3.8, 4) is 11.5 Å². The first-order valence-electron chi connectivity index (χ1n) is 10.1. The lowest BCUT2D eigenvalue weighted by molar-refractivity contribution is -0.140. The number of aliphatic hydroxyl groups excluding tert-OH is 1. The Morgan fingerprint density at radius 3 is 2.25 bits per heavy atom. The number of ether oxygens (including phenoxy) is 2. The molecule has 1 amide bonds. The Morgan fingerprint density at radius 2 is 1.66 bits per heavy atom. The highest BCUT2D eigenvalue weighted by molar-refractivity contribution is 6.46. The number of nitrogens with zero attached hydrogens (tertiary/aromatic N) is 1. The molecule has 168 valence electrons. The number of hydrogen-bond donors (Lipinski definition) is 2. The number of carbonyl (C=O) groups is 3. The Bertz CT molecular complexity index is 1070. The number of rotatable bonds is 8. The van der Waals surface area contributed by atoms with E-state index in [9.17, 15) is 19.5 Å². The quantitative estimate of drug-likeness (QED) is 0.369. The smallest absolute Gasteiger partial charge is 0.303 e. The molecule has 32 heavy (non-hydrogen) atoms. The van der Waals surface area contributed by atoms with Crippen molar-refractivity contribution in [2.24, 2.45) is 0 Å². The maximum Gasteiger partial charge on any atom is 0.303 e. The largest absolute Gasteiger partial charge is 0.507 e. The number of carbonyl (C=O) groups excluding carboxylic acids is 2. The second kappa shape index (κ2) is 9.55. The maximum absolute atomic E-state index is 13.0. The number of methoxy groups -OCH3 is 2. The average molecular weight is 439 g/mol. The van der Waals surface area contributed by atoms with Gasteiger partial charge in [0, 0.05) is 18.5 Å². The lowest BCUT2D eigenvalue weighted by Gasteiger charge is -2.25. The summed E-state index contributed by atoms with van der Waals surface area (Å²) in [6.45, 7) is 1.94. The molecule has 0 radical (unpaired) electrons. The molecule has 1 aliphatic rings. The molecule has 2 N–H and O–H groups in total. The molecule has 2 aromatic carbocycles. The molecule has 1 fully saturated rings. The number of hydrogen-bond acceptors (Lipinski definition) is 6. The van der Waals surface area contributed by atoms with E-state index in [1.165, 1.54) is 19.1 Å². The molecule has 0 aromatic heterocycles. The summed E-state index contributed by atoms with van der Waals surface area (Å²) in [5.74, 6) is -2.02. The monoisotopic (exact) mass is 439 g/mol. The van der Waals surface area contributed by atoms with Gasteiger partial charge in [-0.1, -0.05) is 35.9 Å². The van der Waals surface area contributed by atoms with Crippen LogP contribution in [0.2, 0.25) is 0 Å². The van der Waals surface area contributed by atoms with Crippen LogP contribution in [-0.2, 0) is 14.4 Å². The molecule has 0 spiro atoms. The third-order valence-electron chi connectivity index (χ3n) is 5.38. The van der Waals surface area contributed by atoms with Gasteiger partial charge in [0.2, 0.25) is 0 Å². The molecular formula is C24H25NO7. The van der Waals surface area contributed by atoms with Gasteiger partial charge in [-0.15, -0.1) is 0 Å². The minimum absolute atomic E-state index is 0.0422. The molecule has 1 unspecified atom stereocenters. The minimum Gasteiger partial charge on any atom is -0.507 e. The fraction of sp³-hybridized carbons (Fsp3) is 0.292. The third-order valence-corrected chi connectivity index (χ3v) is 5.38. The summed E-state index contributed by atoms with van der Waals surface area (Å²) in [7, 11) is 2.96. The second-order valence-electron chi connectivity index (χ2n) is 7.47. The van der Waals surface area contributed by atoms with Crippen LogP contribution in [0.4, 0.5) is 0 Å². The van der Waals surface area contributed by atoms with Crippen LogP contribution < -0.4 is 9.47 Å². The summed E-state index contributed by atoms with van der Waals surface area (Å²) < 4.78 is 10.6. The number of benzene rings is 2. The molecule has 1 atom stereocenters. The van der Waals surface area contributed by atoms with E-state index < -0.39 is 23.7 Å². The van der Waals surface area contributed by atoms with E-state index in [0.717, 1.165) is 5.56 Å². The number of Topliss-reactive ketones (excluding diaryl/α,β-unsaturated/α-hetero) is 1. The zero-order valence-electron chi connectivity index (χ0n) is 18.1. The molecule has 8 heteroatoms. The van der Waals surface area contributed by atoms with Gasteiger partial charge in [-0.2, -0.15) is 0 Å². The van der Waals surface area contributed by atoms with Crippen LogP contribution in [0.5, 0.6) is 11.5 Å². The number of carboxylic acid groups (broad SMARTS) is 1. The van der Waals surface area contributed by atoms with Crippen molar-refractivity contribution < 1.29 is 34.1 Å². The topological polar surface area (TPSA) is 113 Å². The van der Waals surface area contributed by atoms with E-state index in [2.05, 4.69) is 0 Å². The Morgan fingerprint density at radius 1 is 1.00 bits per heavy atom. The van der Waals surface area contributed by atoms with Gasteiger partial charge in [-0.3, -0.25) is 14.4 Å². The predicted octanol–water partition coefficient (Wildman–Crippen LogP) is 3.30. The van der Waals surface area contributed by atoms with Gasteiger partial charge in [0.05, 0.1) is 25.8 Å². The number of amides is 1. The molecular weight excluding hydrogens is 414 g/mol.